The van der Waals surface area contributed by atoms with Gasteiger partial charge < -0.3 is 10.2 Å². The van der Waals surface area contributed by atoms with Gasteiger partial charge in [0.25, 0.3) is 0 Å². The van der Waals surface area contributed by atoms with Crippen molar-refractivity contribution in [2.24, 2.45) is 0 Å². The normalized spacial score (nSPS) is 18.6. The molecule has 1 saturated heterocycles. The van der Waals surface area contributed by atoms with Crippen LogP contribution in [0.5, 0.6) is 0 Å². The van der Waals surface area contributed by atoms with Gasteiger partial charge in [0, 0.05) is 24.0 Å². The van der Waals surface area contributed by atoms with Crippen LogP contribution in [0.15, 0.2) is 6.07 Å². The molecule has 1 fully saturated rings. The van der Waals surface area contributed by atoms with Crippen LogP contribution in [0.4, 0.5) is 11.8 Å². The number of fused-ring (bicyclic) bond motifs is 1. The summed E-state index contributed by atoms with van der Waals surface area (Å²) in [5, 5.41) is 4.57. The van der Waals surface area contributed by atoms with Gasteiger partial charge in [0.1, 0.15) is 10.6 Å². The minimum absolute atomic E-state index is 0.627. The highest BCUT2D eigenvalue weighted by atomic mass is 32.1. The average molecular weight is 304 g/mol. The van der Waals surface area contributed by atoms with Gasteiger partial charge in [0.15, 0.2) is 0 Å². The van der Waals surface area contributed by atoms with E-state index in [1.54, 1.807) is 11.3 Å². The molecule has 0 aromatic carbocycles. The number of nitrogens with zero attached hydrogens (tertiary/aromatic N) is 3. The van der Waals surface area contributed by atoms with Crippen molar-refractivity contribution in [1.29, 1.82) is 0 Å². The van der Waals surface area contributed by atoms with E-state index in [0.717, 1.165) is 36.1 Å². The fourth-order valence-electron chi connectivity index (χ4n) is 3.10. The Balaban J connectivity index is 2.05. The topological polar surface area (TPSA) is 41.1 Å². The minimum atomic E-state index is 0.627. The van der Waals surface area contributed by atoms with Crippen LogP contribution in [0.1, 0.15) is 44.4 Å². The van der Waals surface area contributed by atoms with Crippen molar-refractivity contribution in [2.75, 3.05) is 23.3 Å². The van der Waals surface area contributed by atoms with Crippen LogP contribution < -0.4 is 10.2 Å². The van der Waals surface area contributed by atoms with Gasteiger partial charge >= 0.3 is 0 Å². The molecule has 0 bridgehead atoms. The van der Waals surface area contributed by atoms with Crippen LogP contribution in [0.3, 0.4) is 0 Å². The maximum Gasteiger partial charge on any atom is 0.226 e. The van der Waals surface area contributed by atoms with E-state index in [9.17, 15) is 0 Å². The molecule has 0 radical (unpaired) electrons. The molecule has 1 atom stereocenters. The van der Waals surface area contributed by atoms with Crippen molar-refractivity contribution < 1.29 is 0 Å². The van der Waals surface area contributed by atoms with Gasteiger partial charge in [-0.1, -0.05) is 13.8 Å². The monoisotopic (exact) mass is 304 g/mol. The molecule has 0 spiro atoms. The molecule has 5 heteroatoms. The van der Waals surface area contributed by atoms with E-state index in [4.69, 9.17) is 4.98 Å². The lowest BCUT2D eigenvalue weighted by Gasteiger charge is -2.25. The van der Waals surface area contributed by atoms with E-state index < -0.39 is 0 Å². The summed E-state index contributed by atoms with van der Waals surface area (Å²) < 4.78 is 0. The zero-order valence-electron chi connectivity index (χ0n) is 13.1. The molecule has 4 nitrogen and oxygen atoms in total. The Bertz CT molecular complexity index is 622. The standard InChI is InChI=1S/C16H24N4S/c1-4-8-17-16-18-14(20-9-6-7-12(20)5-2)13-10-11(3)21-15(13)19-16/h10,12H,4-9H2,1-3H3,(H,17,18,19). The molecule has 21 heavy (non-hydrogen) atoms. The quantitative estimate of drug-likeness (QED) is 0.899. The molecular weight excluding hydrogens is 280 g/mol. The van der Waals surface area contributed by atoms with E-state index in [2.05, 4.69) is 42.0 Å². The van der Waals surface area contributed by atoms with Crippen molar-refractivity contribution in [3.8, 4) is 0 Å². The van der Waals surface area contributed by atoms with E-state index in [1.807, 2.05) is 0 Å². The van der Waals surface area contributed by atoms with Crippen molar-refractivity contribution in [1.82, 2.24) is 9.97 Å². The summed E-state index contributed by atoms with van der Waals surface area (Å²) in [7, 11) is 0. The molecule has 114 valence electrons. The first-order chi connectivity index (χ1) is 10.2. The molecule has 0 aliphatic carbocycles. The number of aromatic nitrogens is 2. The van der Waals surface area contributed by atoms with Gasteiger partial charge in [-0.2, -0.15) is 4.98 Å². The van der Waals surface area contributed by atoms with Crippen LogP contribution in [0, 0.1) is 6.92 Å². The third kappa shape index (κ3) is 2.84. The molecular formula is C16H24N4S. The van der Waals surface area contributed by atoms with Crippen molar-refractivity contribution in [3.63, 3.8) is 0 Å². The van der Waals surface area contributed by atoms with Gasteiger partial charge in [-0.05, 0) is 38.7 Å². The molecule has 0 amide bonds. The van der Waals surface area contributed by atoms with Crippen LogP contribution in [0.25, 0.3) is 10.2 Å². The van der Waals surface area contributed by atoms with Crippen LogP contribution in [-0.2, 0) is 0 Å². The Morgan fingerprint density at radius 1 is 1.38 bits per heavy atom. The number of anilines is 2. The predicted molar refractivity (Wildman–Crippen MR) is 91.6 cm³/mol. The summed E-state index contributed by atoms with van der Waals surface area (Å²) >= 11 is 1.76. The Kier molecular flexibility index (Phi) is 4.29. The Morgan fingerprint density at radius 3 is 3.00 bits per heavy atom. The largest absolute Gasteiger partial charge is 0.354 e. The lowest BCUT2D eigenvalue weighted by Crippen LogP contribution is -2.29. The molecule has 2 aromatic rings. The summed E-state index contributed by atoms with van der Waals surface area (Å²) in [6.45, 7) is 8.63. The number of rotatable bonds is 5. The van der Waals surface area contributed by atoms with Gasteiger partial charge in [-0.15, -0.1) is 11.3 Å². The predicted octanol–water partition coefficient (Wildman–Crippen LogP) is 4.20. The first kappa shape index (κ1) is 14.6. The summed E-state index contributed by atoms with van der Waals surface area (Å²) in [6.07, 6.45) is 4.82. The fourth-order valence-corrected chi connectivity index (χ4v) is 3.97. The van der Waals surface area contributed by atoms with Crippen molar-refractivity contribution >= 4 is 33.3 Å². The fraction of sp³-hybridized carbons (Fsp3) is 0.625. The second-order valence-corrected chi connectivity index (χ2v) is 7.01. The van der Waals surface area contributed by atoms with Crippen LogP contribution in [-0.4, -0.2) is 29.1 Å². The van der Waals surface area contributed by atoms with Crippen LogP contribution in [0.2, 0.25) is 0 Å². The molecule has 0 saturated carbocycles. The van der Waals surface area contributed by atoms with Gasteiger partial charge in [0.2, 0.25) is 5.95 Å². The Morgan fingerprint density at radius 2 is 2.24 bits per heavy atom. The third-order valence-electron chi connectivity index (χ3n) is 4.15. The molecule has 1 aliphatic rings. The molecule has 2 aromatic heterocycles. The number of hydrogen-bond acceptors (Lipinski definition) is 5. The van der Waals surface area contributed by atoms with E-state index in [0.29, 0.717) is 6.04 Å². The van der Waals surface area contributed by atoms with Crippen molar-refractivity contribution in [2.45, 2.75) is 52.5 Å². The summed E-state index contributed by atoms with van der Waals surface area (Å²) in [4.78, 5) is 14.4. The van der Waals surface area contributed by atoms with E-state index in [1.165, 1.54) is 29.5 Å². The average Bonchev–Trinajstić information content (AvgIpc) is 3.08. The van der Waals surface area contributed by atoms with Gasteiger partial charge in [-0.3, -0.25) is 0 Å². The van der Waals surface area contributed by atoms with Crippen molar-refractivity contribution in [3.05, 3.63) is 10.9 Å². The molecule has 1 N–H and O–H groups in total. The number of nitrogens with one attached hydrogen (secondary N) is 1. The summed E-state index contributed by atoms with van der Waals surface area (Å²) in [6, 6.07) is 2.87. The number of aryl methyl sites for hydroxylation is 1. The second kappa shape index (κ2) is 6.18. The maximum absolute atomic E-state index is 4.84. The SMILES string of the molecule is CCCNc1nc(N2CCCC2CC)c2cc(C)sc2n1. The minimum Gasteiger partial charge on any atom is -0.354 e. The van der Waals surface area contributed by atoms with Gasteiger partial charge in [-0.25, -0.2) is 4.98 Å². The highest BCUT2D eigenvalue weighted by Gasteiger charge is 2.26. The first-order valence-electron chi connectivity index (χ1n) is 8.01. The highest BCUT2D eigenvalue weighted by molar-refractivity contribution is 7.18. The first-order valence-corrected chi connectivity index (χ1v) is 8.83. The zero-order valence-corrected chi connectivity index (χ0v) is 14.0. The van der Waals surface area contributed by atoms with Crippen LogP contribution >= 0.6 is 11.3 Å². The maximum atomic E-state index is 4.84. The third-order valence-corrected chi connectivity index (χ3v) is 5.09. The van der Waals surface area contributed by atoms with Gasteiger partial charge in [0.05, 0.1) is 5.39 Å². The molecule has 3 heterocycles. The Labute approximate surface area is 130 Å². The Hall–Kier alpha value is -1.36. The zero-order chi connectivity index (χ0) is 14.8. The number of hydrogen-bond donors (Lipinski definition) is 1. The second-order valence-electron chi connectivity index (χ2n) is 5.77. The van der Waals surface area contributed by atoms with E-state index >= 15 is 0 Å². The molecule has 3 rings (SSSR count). The summed E-state index contributed by atoms with van der Waals surface area (Å²) in [5.74, 6) is 1.91. The summed E-state index contributed by atoms with van der Waals surface area (Å²) in [5.41, 5.74) is 0. The molecule has 1 aliphatic heterocycles. The van der Waals surface area contributed by atoms with E-state index in [-0.39, 0.29) is 0 Å². The lowest BCUT2D eigenvalue weighted by molar-refractivity contribution is 0.642. The molecule has 1 unspecified atom stereocenters. The number of thiophene rings is 1. The smallest absolute Gasteiger partial charge is 0.226 e. The highest BCUT2D eigenvalue weighted by Crippen LogP contribution is 2.35. The lowest BCUT2D eigenvalue weighted by atomic mass is 10.1.